The molecule has 0 radical (unpaired) electrons. The molecule has 2 aromatic heterocycles. The third kappa shape index (κ3) is 3.55. The molecule has 19 heavy (non-hydrogen) atoms. The van der Waals surface area contributed by atoms with Crippen LogP contribution in [-0.4, -0.2) is 21.1 Å². The number of hydrogen-bond acceptors (Lipinski definition) is 3. The van der Waals surface area contributed by atoms with E-state index in [0.29, 0.717) is 5.02 Å². The van der Waals surface area contributed by atoms with Crippen LogP contribution in [0.1, 0.15) is 30.8 Å². The minimum Gasteiger partial charge on any atom is -0.338 e. The molecule has 0 fully saturated rings. The molecule has 0 amide bonds. The van der Waals surface area contributed by atoms with Crippen molar-refractivity contribution in [3.8, 4) is 0 Å². The largest absolute Gasteiger partial charge is 0.338 e. The van der Waals surface area contributed by atoms with Crippen LogP contribution in [0.5, 0.6) is 0 Å². The Kier molecular flexibility index (Phi) is 4.93. The van der Waals surface area contributed by atoms with E-state index in [-0.39, 0.29) is 6.04 Å². The maximum Gasteiger partial charge on any atom is 0.108 e. The molecule has 2 rings (SSSR count). The predicted octanol–water partition coefficient (Wildman–Crippen LogP) is 2.75. The average molecular weight is 279 g/mol. The lowest BCUT2D eigenvalue weighted by atomic mass is 10.0. The summed E-state index contributed by atoms with van der Waals surface area (Å²) < 4.78 is 2.05. The number of nitrogens with one attached hydrogen (secondary N) is 1. The van der Waals surface area contributed by atoms with Crippen LogP contribution in [0, 0.1) is 0 Å². The van der Waals surface area contributed by atoms with E-state index in [2.05, 4.69) is 26.8 Å². The summed E-state index contributed by atoms with van der Waals surface area (Å²) in [6.45, 7) is 3.01. The summed E-state index contributed by atoms with van der Waals surface area (Å²) >= 11 is 6.22. The van der Waals surface area contributed by atoms with E-state index in [9.17, 15) is 0 Å². The molecule has 2 aromatic rings. The van der Waals surface area contributed by atoms with Crippen molar-refractivity contribution in [3.63, 3.8) is 0 Å². The van der Waals surface area contributed by atoms with Crippen LogP contribution >= 0.6 is 11.6 Å². The van der Waals surface area contributed by atoms with E-state index in [4.69, 9.17) is 11.6 Å². The first-order valence-corrected chi connectivity index (χ1v) is 6.89. The van der Waals surface area contributed by atoms with E-state index >= 15 is 0 Å². The zero-order valence-corrected chi connectivity index (χ0v) is 12.1. The molecule has 1 unspecified atom stereocenters. The molecule has 0 aliphatic heterocycles. The summed E-state index contributed by atoms with van der Waals surface area (Å²) in [5, 5.41) is 4.19. The number of imidazole rings is 1. The summed E-state index contributed by atoms with van der Waals surface area (Å²) in [7, 11) is 2.02. The van der Waals surface area contributed by atoms with Gasteiger partial charge in [-0.1, -0.05) is 18.5 Å². The first-order valence-electron chi connectivity index (χ1n) is 6.51. The Morgan fingerprint density at radius 3 is 2.89 bits per heavy atom. The first kappa shape index (κ1) is 14.0. The van der Waals surface area contributed by atoms with E-state index < -0.39 is 0 Å². The molecule has 0 aliphatic rings. The molecule has 0 spiro atoms. The van der Waals surface area contributed by atoms with Gasteiger partial charge in [-0.25, -0.2) is 4.98 Å². The summed E-state index contributed by atoms with van der Waals surface area (Å²) in [4.78, 5) is 8.39. The number of aromatic nitrogens is 3. The van der Waals surface area contributed by atoms with Crippen LogP contribution in [0.3, 0.4) is 0 Å². The summed E-state index contributed by atoms with van der Waals surface area (Å²) in [6.07, 6.45) is 9.16. The number of pyridine rings is 1. The quantitative estimate of drug-likeness (QED) is 0.883. The molecular weight excluding hydrogens is 260 g/mol. The number of hydrogen-bond donors (Lipinski definition) is 1. The molecule has 102 valence electrons. The summed E-state index contributed by atoms with van der Waals surface area (Å²) in [6, 6.07) is 2.21. The van der Waals surface area contributed by atoms with Crippen molar-refractivity contribution in [3.05, 3.63) is 47.3 Å². The van der Waals surface area contributed by atoms with Gasteiger partial charge in [-0.15, -0.1) is 0 Å². The van der Waals surface area contributed by atoms with Gasteiger partial charge in [0, 0.05) is 44.3 Å². The molecule has 0 bridgehead atoms. The van der Waals surface area contributed by atoms with Gasteiger partial charge in [0.1, 0.15) is 5.82 Å². The van der Waals surface area contributed by atoms with E-state index in [0.717, 1.165) is 30.8 Å². The van der Waals surface area contributed by atoms with Crippen LogP contribution < -0.4 is 5.32 Å². The second-order valence-electron chi connectivity index (χ2n) is 4.50. The van der Waals surface area contributed by atoms with E-state index in [1.165, 1.54) is 0 Å². The van der Waals surface area contributed by atoms with Gasteiger partial charge in [-0.05, 0) is 24.6 Å². The van der Waals surface area contributed by atoms with Crippen LogP contribution in [0.2, 0.25) is 5.02 Å². The van der Waals surface area contributed by atoms with Gasteiger partial charge in [0.25, 0.3) is 0 Å². The highest BCUT2D eigenvalue weighted by Crippen LogP contribution is 2.25. The molecule has 0 saturated heterocycles. The van der Waals surface area contributed by atoms with Gasteiger partial charge < -0.3 is 9.88 Å². The average Bonchev–Trinajstić information content (AvgIpc) is 2.81. The monoisotopic (exact) mass is 278 g/mol. The minimum atomic E-state index is 0.234. The molecule has 4 nitrogen and oxygen atoms in total. The van der Waals surface area contributed by atoms with Crippen molar-refractivity contribution < 1.29 is 0 Å². The molecule has 0 saturated carbocycles. The van der Waals surface area contributed by atoms with Gasteiger partial charge in [0.2, 0.25) is 0 Å². The molecule has 2 heterocycles. The second-order valence-corrected chi connectivity index (χ2v) is 4.91. The Morgan fingerprint density at radius 1 is 1.42 bits per heavy atom. The predicted molar refractivity (Wildman–Crippen MR) is 77.2 cm³/mol. The minimum absolute atomic E-state index is 0.234. The number of aryl methyl sites for hydroxylation is 2. The normalized spacial score (nSPS) is 12.6. The Labute approximate surface area is 118 Å². The zero-order chi connectivity index (χ0) is 13.7. The second kappa shape index (κ2) is 6.68. The lowest BCUT2D eigenvalue weighted by molar-refractivity contribution is 0.505. The molecule has 0 aliphatic carbocycles. The summed E-state index contributed by atoms with van der Waals surface area (Å²) in [5.74, 6) is 1.09. The van der Waals surface area contributed by atoms with E-state index in [1.807, 2.05) is 25.5 Å². The number of halogens is 1. The van der Waals surface area contributed by atoms with Gasteiger partial charge in [0.05, 0.1) is 5.02 Å². The molecule has 1 N–H and O–H groups in total. The van der Waals surface area contributed by atoms with Crippen molar-refractivity contribution in [2.45, 2.75) is 25.8 Å². The summed E-state index contributed by atoms with van der Waals surface area (Å²) in [5.41, 5.74) is 1.10. The van der Waals surface area contributed by atoms with Crippen LogP contribution in [-0.2, 0) is 13.5 Å². The molecule has 1 atom stereocenters. The van der Waals surface area contributed by atoms with Crippen molar-refractivity contribution in [1.29, 1.82) is 0 Å². The maximum atomic E-state index is 6.22. The highest BCUT2D eigenvalue weighted by Gasteiger charge is 2.14. The van der Waals surface area contributed by atoms with Gasteiger partial charge in [-0.3, -0.25) is 4.98 Å². The van der Waals surface area contributed by atoms with Crippen LogP contribution in [0.15, 0.2) is 30.9 Å². The zero-order valence-electron chi connectivity index (χ0n) is 11.3. The Hall–Kier alpha value is -1.39. The lowest BCUT2D eigenvalue weighted by Crippen LogP contribution is -2.22. The van der Waals surface area contributed by atoms with Crippen molar-refractivity contribution in [2.75, 3.05) is 6.54 Å². The Bertz CT molecular complexity index is 524. The van der Waals surface area contributed by atoms with Gasteiger partial charge in [-0.2, -0.15) is 0 Å². The topological polar surface area (TPSA) is 42.7 Å². The van der Waals surface area contributed by atoms with Crippen molar-refractivity contribution in [2.24, 2.45) is 7.05 Å². The SMILES string of the molecule is CCNC(CCc1nccn1C)c1ccncc1Cl. The Morgan fingerprint density at radius 2 is 2.26 bits per heavy atom. The van der Waals surface area contributed by atoms with Crippen LogP contribution in [0.25, 0.3) is 0 Å². The smallest absolute Gasteiger partial charge is 0.108 e. The molecular formula is C14H19ClN4. The third-order valence-corrected chi connectivity index (χ3v) is 3.52. The molecule has 5 heteroatoms. The van der Waals surface area contributed by atoms with Gasteiger partial charge in [0.15, 0.2) is 0 Å². The van der Waals surface area contributed by atoms with Crippen molar-refractivity contribution >= 4 is 11.6 Å². The van der Waals surface area contributed by atoms with Crippen LogP contribution in [0.4, 0.5) is 0 Å². The van der Waals surface area contributed by atoms with Crippen molar-refractivity contribution in [1.82, 2.24) is 19.9 Å². The third-order valence-electron chi connectivity index (χ3n) is 3.21. The Balaban J connectivity index is 2.09. The lowest BCUT2D eigenvalue weighted by Gasteiger charge is -2.19. The highest BCUT2D eigenvalue weighted by atomic mass is 35.5. The van der Waals surface area contributed by atoms with E-state index in [1.54, 1.807) is 12.4 Å². The fourth-order valence-electron chi connectivity index (χ4n) is 2.19. The highest BCUT2D eigenvalue weighted by molar-refractivity contribution is 6.31. The number of nitrogens with zero attached hydrogens (tertiary/aromatic N) is 3. The standard InChI is InChI=1S/C14H19ClN4/c1-3-17-13(11-6-7-16-10-12(11)15)4-5-14-18-8-9-19(14)2/h6-10,13,17H,3-5H2,1-2H3. The molecule has 0 aromatic carbocycles. The fourth-order valence-corrected chi connectivity index (χ4v) is 2.44. The number of rotatable bonds is 6. The maximum absolute atomic E-state index is 6.22. The first-order chi connectivity index (χ1) is 9.22. The van der Waals surface area contributed by atoms with Gasteiger partial charge >= 0.3 is 0 Å². The fraction of sp³-hybridized carbons (Fsp3) is 0.429.